The van der Waals surface area contributed by atoms with Crippen LogP contribution in [0.3, 0.4) is 0 Å². The van der Waals surface area contributed by atoms with Crippen LogP contribution in [0.15, 0.2) is 108 Å². The van der Waals surface area contributed by atoms with Crippen LogP contribution < -0.4 is 10.0 Å². The summed E-state index contributed by atoms with van der Waals surface area (Å²) in [5.74, 6) is -0.671. The Bertz CT molecular complexity index is 1410. The Morgan fingerprint density at radius 1 is 0.892 bits per heavy atom. The van der Waals surface area contributed by atoms with Crippen LogP contribution in [-0.2, 0) is 16.4 Å². The molecule has 1 aromatic heterocycles. The molecule has 0 aliphatic heterocycles. The van der Waals surface area contributed by atoms with Crippen LogP contribution in [0.5, 0.6) is 0 Å². The van der Waals surface area contributed by atoms with E-state index in [2.05, 4.69) is 21.9 Å². The van der Waals surface area contributed by atoms with E-state index in [1.165, 1.54) is 12.1 Å². The number of amides is 1. The topological polar surface area (TPSA) is 108 Å². The molecular weight excluding hydrogens is 486 g/mol. The molecule has 3 aromatic carbocycles. The van der Waals surface area contributed by atoms with E-state index < -0.39 is 22.0 Å². The Kier molecular flexibility index (Phi) is 8.45. The molecule has 0 saturated carbocycles. The quantitative estimate of drug-likeness (QED) is 0.293. The van der Waals surface area contributed by atoms with Gasteiger partial charge in [-0.05, 0) is 60.4 Å². The number of rotatable bonds is 10. The molecule has 37 heavy (non-hydrogen) atoms. The largest absolute Gasteiger partial charge is 0.387 e. The number of aliphatic hydroxyl groups is 1. The molecule has 2 atom stereocenters. The maximum Gasteiger partial charge on any atom is 0.264 e. The number of benzene rings is 3. The van der Waals surface area contributed by atoms with E-state index in [1.807, 2.05) is 30.3 Å². The van der Waals surface area contributed by atoms with Crippen molar-refractivity contribution < 1.29 is 18.3 Å². The lowest BCUT2D eigenvalue weighted by Gasteiger charge is -2.17. The SMILES string of the molecule is C[C@H](Cc1ccc(-c2ccc(S(=O)(=O)NC(=O)c3ccccc3)cc2)cc1)NC[C@H](O)c1cccnc1. The predicted octanol–water partition coefficient (Wildman–Crippen LogP) is 4.12. The van der Waals surface area contributed by atoms with E-state index in [1.54, 1.807) is 60.9 Å². The van der Waals surface area contributed by atoms with Gasteiger partial charge in [-0.3, -0.25) is 9.78 Å². The van der Waals surface area contributed by atoms with Crippen molar-refractivity contribution in [2.24, 2.45) is 0 Å². The van der Waals surface area contributed by atoms with Gasteiger partial charge in [0.25, 0.3) is 15.9 Å². The van der Waals surface area contributed by atoms with Crippen molar-refractivity contribution in [2.45, 2.75) is 30.4 Å². The summed E-state index contributed by atoms with van der Waals surface area (Å²) in [7, 11) is -3.98. The van der Waals surface area contributed by atoms with Gasteiger partial charge in [0.1, 0.15) is 0 Å². The first-order valence-corrected chi connectivity index (χ1v) is 13.4. The average Bonchev–Trinajstić information content (AvgIpc) is 2.93. The van der Waals surface area contributed by atoms with E-state index in [0.717, 1.165) is 28.7 Å². The first-order chi connectivity index (χ1) is 17.8. The van der Waals surface area contributed by atoms with Gasteiger partial charge in [0.15, 0.2) is 0 Å². The lowest BCUT2D eigenvalue weighted by atomic mass is 10.0. The van der Waals surface area contributed by atoms with E-state index in [0.29, 0.717) is 6.54 Å². The smallest absolute Gasteiger partial charge is 0.264 e. The van der Waals surface area contributed by atoms with Crippen molar-refractivity contribution in [3.8, 4) is 11.1 Å². The minimum atomic E-state index is -3.98. The van der Waals surface area contributed by atoms with Crippen molar-refractivity contribution in [3.05, 3.63) is 120 Å². The van der Waals surface area contributed by atoms with Crippen LogP contribution in [0, 0.1) is 0 Å². The Hall–Kier alpha value is -3.85. The van der Waals surface area contributed by atoms with E-state index >= 15 is 0 Å². The summed E-state index contributed by atoms with van der Waals surface area (Å²) < 4.78 is 27.4. The Morgan fingerprint density at radius 3 is 2.16 bits per heavy atom. The molecule has 0 spiro atoms. The van der Waals surface area contributed by atoms with Crippen LogP contribution in [0.25, 0.3) is 11.1 Å². The van der Waals surface area contributed by atoms with Crippen LogP contribution >= 0.6 is 0 Å². The number of pyridine rings is 1. The zero-order valence-electron chi connectivity index (χ0n) is 20.4. The lowest BCUT2D eigenvalue weighted by molar-refractivity contribution is 0.0981. The molecule has 0 unspecified atom stereocenters. The van der Waals surface area contributed by atoms with Gasteiger partial charge in [-0.1, -0.05) is 60.7 Å². The lowest BCUT2D eigenvalue weighted by Crippen LogP contribution is -2.32. The molecule has 4 rings (SSSR count). The molecule has 0 bridgehead atoms. The number of sulfonamides is 1. The third-order valence-corrected chi connectivity index (χ3v) is 7.33. The highest BCUT2D eigenvalue weighted by Crippen LogP contribution is 2.22. The van der Waals surface area contributed by atoms with E-state index in [9.17, 15) is 18.3 Å². The molecule has 190 valence electrons. The molecule has 7 nitrogen and oxygen atoms in total. The van der Waals surface area contributed by atoms with Gasteiger partial charge in [-0.15, -0.1) is 0 Å². The summed E-state index contributed by atoms with van der Waals surface area (Å²) in [6.07, 6.45) is 3.52. The van der Waals surface area contributed by atoms with Crippen molar-refractivity contribution in [1.29, 1.82) is 0 Å². The summed E-state index contributed by atoms with van der Waals surface area (Å²) >= 11 is 0. The summed E-state index contributed by atoms with van der Waals surface area (Å²) in [5.41, 5.74) is 4.02. The van der Waals surface area contributed by atoms with Crippen molar-refractivity contribution in [1.82, 2.24) is 15.0 Å². The first-order valence-electron chi connectivity index (χ1n) is 11.9. The molecule has 1 heterocycles. The molecule has 0 saturated heterocycles. The molecule has 8 heteroatoms. The standard InChI is InChI=1S/C29H29N3O4S/c1-21(31-20-28(33)26-8-5-17-30-19-26)18-22-9-11-23(12-10-22)24-13-15-27(16-14-24)37(35,36)32-29(34)25-6-3-2-4-7-25/h2-17,19,21,28,31,33H,18,20H2,1H3,(H,32,34)/t21-,28+/m1/s1. The van der Waals surface area contributed by atoms with Gasteiger partial charge in [0.2, 0.25) is 0 Å². The highest BCUT2D eigenvalue weighted by atomic mass is 32.2. The summed E-state index contributed by atoms with van der Waals surface area (Å²) in [4.78, 5) is 16.3. The maximum atomic E-state index is 12.6. The second kappa shape index (κ2) is 11.9. The Morgan fingerprint density at radius 2 is 1.54 bits per heavy atom. The molecule has 1 amide bonds. The fourth-order valence-electron chi connectivity index (χ4n) is 3.92. The number of aromatic nitrogens is 1. The molecule has 4 aromatic rings. The van der Waals surface area contributed by atoms with Gasteiger partial charge in [-0.25, -0.2) is 13.1 Å². The first kappa shape index (κ1) is 26.2. The highest BCUT2D eigenvalue weighted by molar-refractivity contribution is 7.90. The summed E-state index contributed by atoms with van der Waals surface area (Å²) in [6.45, 7) is 2.51. The second-order valence-electron chi connectivity index (χ2n) is 8.84. The van der Waals surface area contributed by atoms with Crippen molar-refractivity contribution in [2.75, 3.05) is 6.54 Å². The monoisotopic (exact) mass is 515 g/mol. The molecule has 0 aliphatic rings. The zero-order valence-corrected chi connectivity index (χ0v) is 21.2. The van der Waals surface area contributed by atoms with E-state index in [-0.39, 0.29) is 16.5 Å². The Balaban J connectivity index is 1.33. The third-order valence-electron chi connectivity index (χ3n) is 5.99. The minimum absolute atomic E-state index is 0.0190. The number of hydrogen-bond acceptors (Lipinski definition) is 6. The van der Waals surface area contributed by atoms with Crippen LogP contribution in [0.4, 0.5) is 0 Å². The van der Waals surface area contributed by atoms with Gasteiger partial charge in [0.05, 0.1) is 11.0 Å². The summed E-state index contributed by atoms with van der Waals surface area (Å²) in [5, 5.41) is 13.7. The fraction of sp³-hybridized carbons (Fsp3) is 0.172. The average molecular weight is 516 g/mol. The van der Waals surface area contributed by atoms with E-state index in [4.69, 9.17) is 0 Å². The molecule has 3 N–H and O–H groups in total. The van der Waals surface area contributed by atoms with Gasteiger partial charge in [0, 0.05) is 36.1 Å². The number of nitrogens with zero attached hydrogens (tertiary/aromatic N) is 1. The molecule has 0 aliphatic carbocycles. The second-order valence-corrected chi connectivity index (χ2v) is 10.5. The van der Waals surface area contributed by atoms with Crippen LogP contribution in [0.2, 0.25) is 0 Å². The fourth-order valence-corrected chi connectivity index (χ4v) is 4.89. The van der Waals surface area contributed by atoms with Crippen molar-refractivity contribution in [3.63, 3.8) is 0 Å². The van der Waals surface area contributed by atoms with Crippen molar-refractivity contribution >= 4 is 15.9 Å². The number of hydrogen-bond donors (Lipinski definition) is 3. The number of carbonyl (C=O) groups is 1. The summed E-state index contributed by atoms with van der Waals surface area (Å²) in [6, 6.07) is 26.5. The highest BCUT2D eigenvalue weighted by Gasteiger charge is 2.18. The zero-order chi connectivity index (χ0) is 26.3. The minimum Gasteiger partial charge on any atom is -0.387 e. The normalized spacial score (nSPS) is 13.0. The number of nitrogens with one attached hydrogen (secondary N) is 2. The van der Waals surface area contributed by atoms with Crippen LogP contribution in [-0.4, -0.2) is 37.0 Å². The third kappa shape index (κ3) is 7.10. The van der Waals surface area contributed by atoms with Gasteiger partial charge < -0.3 is 10.4 Å². The molecular formula is C29H29N3O4S. The number of aliphatic hydroxyl groups excluding tert-OH is 1. The predicted molar refractivity (Wildman–Crippen MR) is 143 cm³/mol. The molecule has 0 radical (unpaired) electrons. The number of carbonyl (C=O) groups excluding carboxylic acids is 1. The van der Waals surface area contributed by atoms with Crippen LogP contribution in [0.1, 0.15) is 34.5 Å². The maximum absolute atomic E-state index is 12.6. The molecule has 0 fully saturated rings. The van der Waals surface area contributed by atoms with Gasteiger partial charge in [-0.2, -0.15) is 0 Å². The van der Waals surface area contributed by atoms with Gasteiger partial charge >= 0.3 is 0 Å². The Labute approximate surface area is 217 Å².